The van der Waals surface area contributed by atoms with Crippen molar-refractivity contribution in [2.45, 2.75) is 25.7 Å². The summed E-state index contributed by atoms with van der Waals surface area (Å²) < 4.78 is 0. The second kappa shape index (κ2) is 5.70. The molecule has 1 amide bonds. The maximum absolute atomic E-state index is 11.9. The highest BCUT2D eigenvalue weighted by atomic mass is 16.1. The van der Waals surface area contributed by atoms with Crippen LogP contribution < -0.4 is 11.1 Å². The van der Waals surface area contributed by atoms with Gasteiger partial charge < -0.3 is 11.1 Å². The van der Waals surface area contributed by atoms with Gasteiger partial charge in [0.05, 0.1) is 0 Å². The lowest BCUT2D eigenvalue weighted by molar-refractivity contribution is -0.116. The molecule has 2 saturated carbocycles. The SMILES string of the molecule is Nc1ccc(/C=C/C(=O)NCC(C2CC2)C2CC2)cc1. The minimum atomic E-state index is 0.00752. The number of anilines is 1. The molecule has 0 aliphatic heterocycles. The van der Waals surface area contributed by atoms with Crippen LogP contribution in [0, 0.1) is 17.8 Å². The van der Waals surface area contributed by atoms with E-state index in [0.29, 0.717) is 0 Å². The Kier molecular flexibility index (Phi) is 3.77. The fourth-order valence-corrected chi connectivity index (χ4v) is 2.82. The van der Waals surface area contributed by atoms with E-state index in [0.717, 1.165) is 35.5 Å². The van der Waals surface area contributed by atoms with E-state index < -0.39 is 0 Å². The largest absolute Gasteiger partial charge is 0.399 e. The molecule has 0 atom stereocenters. The molecule has 2 aliphatic carbocycles. The molecule has 1 aromatic rings. The fourth-order valence-electron chi connectivity index (χ4n) is 2.82. The Morgan fingerprint density at radius 3 is 2.35 bits per heavy atom. The topological polar surface area (TPSA) is 55.1 Å². The third-order valence-corrected chi connectivity index (χ3v) is 4.33. The lowest BCUT2D eigenvalue weighted by Crippen LogP contribution is -2.29. The number of benzene rings is 1. The minimum absolute atomic E-state index is 0.00752. The number of amides is 1. The number of rotatable bonds is 6. The van der Waals surface area contributed by atoms with Crippen molar-refractivity contribution >= 4 is 17.7 Å². The molecule has 3 nitrogen and oxygen atoms in total. The smallest absolute Gasteiger partial charge is 0.244 e. The van der Waals surface area contributed by atoms with Gasteiger partial charge in [-0.25, -0.2) is 0 Å². The Morgan fingerprint density at radius 2 is 1.80 bits per heavy atom. The van der Waals surface area contributed by atoms with Gasteiger partial charge in [-0.2, -0.15) is 0 Å². The highest BCUT2D eigenvalue weighted by molar-refractivity contribution is 5.91. The molecule has 0 unspecified atom stereocenters. The van der Waals surface area contributed by atoms with Crippen LogP contribution in [0.15, 0.2) is 30.3 Å². The van der Waals surface area contributed by atoms with Crippen LogP contribution in [0.3, 0.4) is 0 Å². The average molecular weight is 270 g/mol. The standard InChI is InChI=1S/C17H22N2O/c18-15-8-1-12(2-9-15)3-10-17(20)19-11-16(13-4-5-13)14-6-7-14/h1-3,8-10,13-14,16H,4-7,11,18H2,(H,19,20)/b10-3+. The zero-order valence-electron chi connectivity index (χ0n) is 11.7. The lowest BCUT2D eigenvalue weighted by atomic mass is 9.98. The van der Waals surface area contributed by atoms with Crippen LogP contribution in [0.25, 0.3) is 6.08 Å². The number of hydrogen-bond donors (Lipinski definition) is 2. The first-order chi connectivity index (χ1) is 9.72. The predicted molar refractivity (Wildman–Crippen MR) is 81.8 cm³/mol. The van der Waals surface area contributed by atoms with Gasteiger partial charge in [-0.15, -0.1) is 0 Å². The highest BCUT2D eigenvalue weighted by Crippen LogP contribution is 2.48. The van der Waals surface area contributed by atoms with Crippen LogP contribution in [-0.2, 0) is 4.79 Å². The Balaban J connectivity index is 1.47. The number of carbonyl (C=O) groups excluding carboxylic acids is 1. The summed E-state index contributed by atoms with van der Waals surface area (Å²) in [5.41, 5.74) is 7.36. The molecule has 0 radical (unpaired) electrons. The Labute approximate surface area is 120 Å². The van der Waals surface area contributed by atoms with Crippen LogP contribution in [-0.4, -0.2) is 12.5 Å². The van der Waals surface area contributed by atoms with Crippen molar-refractivity contribution in [2.75, 3.05) is 12.3 Å². The Hall–Kier alpha value is -1.77. The molecule has 0 heterocycles. The van der Waals surface area contributed by atoms with E-state index in [1.54, 1.807) is 6.08 Å². The molecule has 3 N–H and O–H groups in total. The fraction of sp³-hybridized carbons (Fsp3) is 0.471. The maximum Gasteiger partial charge on any atom is 0.244 e. The van der Waals surface area contributed by atoms with Crippen LogP contribution in [0.5, 0.6) is 0 Å². The summed E-state index contributed by atoms with van der Waals surface area (Å²) in [7, 11) is 0. The van der Waals surface area contributed by atoms with E-state index in [1.165, 1.54) is 25.7 Å². The van der Waals surface area contributed by atoms with Crippen LogP contribution >= 0.6 is 0 Å². The summed E-state index contributed by atoms with van der Waals surface area (Å²) in [6.45, 7) is 0.847. The molecular weight excluding hydrogens is 248 g/mol. The zero-order chi connectivity index (χ0) is 13.9. The molecule has 0 spiro atoms. The second-order valence-corrected chi connectivity index (χ2v) is 6.08. The van der Waals surface area contributed by atoms with E-state index >= 15 is 0 Å². The molecule has 20 heavy (non-hydrogen) atoms. The summed E-state index contributed by atoms with van der Waals surface area (Å²) >= 11 is 0. The number of carbonyl (C=O) groups is 1. The minimum Gasteiger partial charge on any atom is -0.399 e. The van der Waals surface area contributed by atoms with E-state index in [9.17, 15) is 4.79 Å². The monoisotopic (exact) mass is 270 g/mol. The van der Waals surface area contributed by atoms with Crippen LogP contribution in [0.4, 0.5) is 5.69 Å². The van der Waals surface area contributed by atoms with Gasteiger partial charge in [0, 0.05) is 18.3 Å². The van der Waals surface area contributed by atoms with Crippen molar-refractivity contribution in [1.82, 2.24) is 5.32 Å². The van der Waals surface area contributed by atoms with Gasteiger partial charge >= 0.3 is 0 Å². The van der Waals surface area contributed by atoms with Crippen molar-refractivity contribution < 1.29 is 4.79 Å². The number of nitrogens with one attached hydrogen (secondary N) is 1. The third-order valence-electron chi connectivity index (χ3n) is 4.33. The Bertz CT molecular complexity index is 486. The summed E-state index contributed by atoms with van der Waals surface area (Å²) in [4.78, 5) is 11.9. The number of nitrogen functional groups attached to an aromatic ring is 1. The second-order valence-electron chi connectivity index (χ2n) is 6.08. The van der Waals surface area contributed by atoms with E-state index in [2.05, 4.69) is 5.32 Å². The first kappa shape index (κ1) is 13.2. The quantitative estimate of drug-likeness (QED) is 0.617. The number of hydrogen-bond acceptors (Lipinski definition) is 2. The average Bonchev–Trinajstić information content (AvgIpc) is 3.31. The van der Waals surface area contributed by atoms with Crippen LogP contribution in [0.1, 0.15) is 31.2 Å². The van der Waals surface area contributed by atoms with Gasteiger partial charge in [0.25, 0.3) is 0 Å². The Morgan fingerprint density at radius 1 is 1.20 bits per heavy atom. The summed E-state index contributed by atoms with van der Waals surface area (Å²) in [6.07, 6.45) is 8.88. The third kappa shape index (κ3) is 3.62. The first-order valence-electron chi connectivity index (χ1n) is 7.54. The van der Waals surface area contributed by atoms with Crippen molar-refractivity contribution in [3.8, 4) is 0 Å². The van der Waals surface area contributed by atoms with E-state index in [4.69, 9.17) is 5.73 Å². The molecule has 3 heteroatoms. The molecule has 0 saturated heterocycles. The molecule has 2 aliphatic rings. The normalized spacial score (nSPS) is 18.6. The summed E-state index contributed by atoms with van der Waals surface area (Å²) in [5.74, 6) is 2.49. The molecule has 0 bridgehead atoms. The van der Waals surface area contributed by atoms with Gasteiger partial charge in [-0.3, -0.25) is 4.79 Å². The molecule has 106 valence electrons. The van der Waals surface area contributed by atoms with Gasteiger partial charge in [-0.1, -0.05) is 12.1 Å². The van der Waals surface area contributed by atoms with E-state index in [-0.39, 0.29) is 5.91 Å². The van der Waals surface area contributed by atoms with Gasteiger partial charge in [0.1, 0.15) is 0 Å². The van der Waals surface area contributed by atoms with Crippen molar-refractivity contribution in [2.24, 2.45) is 17.8 Å². The number of nitrogens with two attached hydrogens (primary N) is 1. The van der Waals surface area contributed by atoms with Crippen molar-refractivity contribution in [3.63, 3.8) is 0 Å². The van der Waals surface area contributed by atoms with Crippen LogP contribution in [0.2, 0.25) is 0 Å². The molecule has 3 rings (SSSR count). The summed E-state index contributed by atoms with van der Waals surface area (Å²) in [6, 6.07) is 7.51. The van der Waals surface area contributed by atoms with Gasteiger partial charge in [-0.05, 0) is 67.2 Å². The molecule has 2 fully saturated rings. The van der Waals surface area contributed by atoms with Crippen molar-refractivity contribution in [1.29, 1.82) is 0 Å². The molecular formula is C17H22N2O. The first-order valence-corrected chi connectivity index (χ1v) is 7.54. The molecule has 0 aromatic heterocycles. The van der Waals surface area contributed by atoms with E-state index in [1.807, 2.05) is 30.3 Å². The summed E-state index contributed by atoms with van der Waals surface area (Å²) in [5, 5.41) is 3.06. The van der Waals surface area contributed by atoms with Gasteiger partial charge in [0.15, 0.2) is 0 Å². The maximum atomic E-state index is 11.9. The predicted octanol–water partition coefficient (Wildman–Crippen LogP) is 2.83. The highest BCUT2D eigenvalue weighted by Gasteiger charge is 2.41. The molecule has 1 aromatic carbocycles. The zero-order valence-corrected chi connectivity index (χ0v) is 11.7. The lowest BCUT2D eigenvalue weighted by Gasteiger charge is -2.15. The van der Waals surface area contributed by atoms with Crippen molar-refractivity contribution in [3.05, 3.63) is 35.9 Å². The van der Waals surface area contributed by atoms with Gasteiger partial charge in [0.2, 0.25) is 5.91 Å².